The molecule has 4 heterocycles. The molecule has 4 nitrogen and oxygen atoms in total. The molecule has 0 saturated carbocycles. The molecule has 8 rings (SSSR count). The number of fused-ring (bicyclic) bond motifs is 2. The predicted molar refractivity (Wildman–Crippen MR) is 198 cm³/mol. The highest BCUT2D eigenvalue weighted by molar-refractivity contribution is 8.15. The lowest BCUT2D eigenvalue weighted by atomic mass is 10.1. The summed E-state index contributed by atoms with van der Waals surface area (Å²) in [6.45, 7) is 4.40. The Bertz CT molecular complexity index is 2130. The highest BCUT2D eigenvalue weighted by Gasteiger charge is 2.38. The molecule has 220 valence electrons. The third kappa shape index (κ3) is 4.83. The first kappa shape index (κ1) is 28.8. The summed E-state index contributed by atoms with van der Waals surface area (Å²) in [6.07, 6.45) is 0. The number of hydrogen-bond acceptors (Lipinski definition) is 8. The number of nitriles is 2. The Balaban J connectivity index is 1.34. The van der Waals surface area contributed by atoms with E-state index in [4.69, 9.17) is 0 Å². The van der Waals surface area contributed by atoms with Gasteiger partial charge in [-0.05, 0) is 84.3 Å². The lowest BCUT2D eigenvalue weighted by molar-refractivity contribution is 1.12. The molecule has 0 atom stereocenters. The zero-order valence-corrected chi connectivity index (χ0v) is 28.1. The maximum atomic E-state index is 9.44. The molecule has 0 aliphatic carbocycles. The molecular formula is C38H24N4S4. The van der Waals surface area contributed by atoms with E-state index in [1.54, 1.807) is 46.2 Å². The Hall–Kier alpha value is -4.70. The van der Waals surface area contributed by atoms with E-state index in [0.717, 1.165) is 32.6 Å². The van der Waals surface area contributed by atoms with Gasteiger partial charge in [-0.25, -0.2) is 0 Å². The van der Waals surface area contributed by atoms with Crippen molar-refractivity contribution >= 4 is 86.2 Å². The summed E-state index contributed by atoms with van der Waals surface area (Å²) in [5, 5.41) is 26.0. The molecule has 6 aromatic rings. The molecular weight excluding hydrogens is 641 g/mol. The molecule has 0 spiro atoms. The van der Waals surface area contributed by atoms with E-state index in [2.05, 4.69) is 121 Å². The minimum Gasteiger partial charge on any atom is -0.296 e. The van der Waals surface area contributed by atoms with Gasteiger partial charge in [0, 0.05) is 30.6 Å². The SMILES string of the molecule is CC1=C(c2ccc(C#N)cc2)S/C(=C2/SC(c3ccc(C#N)cc3)=C(C)N2c2cc3ccccc3s2)N1c1cc2ccccc2s1. The summed E-state index contributed by atoms with van der Waals surface area (Å²) >= 11 is 7.17. The van der Waals surface area contributed by atoms with Crippen LogP contribution in [0, 0.1) is 22.7 Å². The van der Waals surface area contributed by atoms with Crippen molar-refractivity contribution in [3.8, 4) is 12.1 Å². The summed E-state index contributed by atoms with van der Waals surface area (Å²) in [4.78, 5) is 7.18. The smallest absolute Gasteiger partial charge is 0.117 e. The van der Waals surface area contributed by atoms with Gasteiger partial charge in [-0.2, -0.15) is 10.5 Å². The number of thioether (sulfide) groups is 2. The fourth-order valence-electron chi connectivity index (χ4n) is 5.83. The summed E-state index contributed by atoms with van der Waals surface area (Å²) < 4.78 is 2.50. The fraction of sp³-hybridized carbons (Fsp3) is 0.0526. The van der Waals surface area contributed by atoms with Gasteiger partial charge in [0.05, 0.1) is 23.3 Å². The maximum absolute atomic E-state index is 9.44. The van der Waals surface area contributed by atoms with Crippen LogP contribution in [0.1, 0.15) is 36.1 Å². The second kappa shape index (κ2) is 11.6. The van der Waals surface area contributed by atoms with E-state index >= 15 is 0 Å². The molecule has 0 unspecified atom stereocenters. The minimum atomic E-state index is 0.652. The van der Waals surface area contributed by atoms with Gasteiger partial charge in [0.25, 0.3) is 0 Å². The number of benzene rings is 4. The predicted octanol–water partition coefficient (Wildman–Crippen LogP) is 11.6. The largest absolute Gasteiger partial charge is 0.296 e. The first-order valence-electron chi connectivity index (χ1n) is 14.6. The van der Waals surface area contributed by atoms with Crippen LogP contribution < -0.4 is 9.80 Å². The average molecular weight is 665 g/mol. The zero-order chi connectivity index (χ0) is 31.4. The number of anilines is 2. The van der Waals surface area contributed by atoms with E-state index in [-0.39, 0.29) is 0 Å². The van der Waals surface area contributed by atoms with Crippen LogP contribution in [-0.4, -0.2) is 0 Å². The van der Waals surface area contributed by atoms with Gasteiger partial charge in [-0.1, -0.05) is 84.2 Å². The molecule has 0 fully saturated rings. The van der Waals surface area contributed by atoms with Crippen LogP contribution in [0.15, 0.2) is 131 Å². The number of nitrogens with zero attached hydrogens (tertiary/aromatic N) is 4. The average Bonchev–Trinajstić information content (AvgIpc) is 3.87. The molecule has 0 saturated heterocycles. The normalized spacial score (nSPS) is 16.6. The van der Waals surface area contributed by atoms with Gasteiger partial charge in [-0.15, -0.1) is 22.7 Å². The Morgan fingerprint density at radius 1 is 0.522 bits per heavy atom. The van der Waals surface area contributed by atoms with Crippen LogP contribution in [-0.2, 0) is 0 Å². The standard InChI is InChI=1S/C38H24N4S4/c1-23-35(27-15-11-25(21-39)12-16-27)45-37(41(23)33-19-29-7-3-5-9-31(29)43-33)38-42(34-20-30-8-4-6-10-32(30)44-34)24(2)36(46-38)28-17-13-26(22-40)14-18-28/h3-20H,1-2H3/b38-37+. The molecule has 2 aliphatic rings. The minimum absolute atomic E-state index is 0.652. The molecule has 2 aliphatic heterocycles. The first-order valence-corrected chi connectivity index (χ1v) is 17.9. The second-order valence-electron chi connectivity index (χ2n) is 10.9. The van der Waals surface area contributed by atoms with Crippen molar-refractivity contribution in [2.24, 2.45) is 0 Å². The van der Waals surface area contributed by atoms with Crippen LogP contribution in [0.3, 0.4) is 0 Å². The van der Waals surface area contributed by atoms with Gasteiger partial charge < -0.3 is 0 Å². The van der Waals surface area contributed by atoms with Crippen LogP contribution in [0.2, 0.25) is 0 Å². The third-order valence-electron chi connectivity index (χ3n) is 8.13. The van der Waals surface area contributed by atoms with Gasteiger partial charge in [0.15, 0.2) is 0 Å². The highest BCUT2D eigenvalue weighted by Crippen LogP contribution is 2.59. The topological polar surface area (TPSA) is 54.1 Å². The lowest BCUT2D eigenvalue weighted by Gasteiger charge is -2.26. The van der Waals surface area contributed by atoms with Crippen LogP contribution >= 0.6 is 46.2 Å². The Morgan fingerprint density at radius 2 is 0.913 bits per heavy atom. The van der Waals surface area contributed by atoms with E-state index in [9.17, 15) is 10.5 Å². The molecule has 0 bridgehead atoms. The number of hydrogen-bond donors (Lipinski definition) is 0. The van der Waals surface area contributed by atoms with Gasteiger partial charge >= 0.3 is 0 Å². The lowest BCUT2D eigenvalue weighted by Crippen LogP contribution is -2.21. The van der Waals surface area contributed by atoms with Crippen LogP contribution in [0.4, 0.5) is 10.0 Å². The van der Waals surface area contributed by atoms with Crippen molar-refractivity contribution in [3.63, 3.8) is 0 Å². The molecule has 4 aromatic carbocycles. The second-order valence-corrected chi connectivity index (χ2v) is 15.1. The van der Waals surface area contributed by atoms with Crippen molar-refractivity contribution in [3.05, 3.63) is 153 Å². The molecule has 8 heteroatoms. The third-order valence-corrected chi connectivity index (χ3v) is 13.1. The zero-order valence-electron chi connectivity index (χ0n) is 24.8. The quantitative estimate of drug-likeness (QED) is 0.187. The van der Waals surface area contributed by atoms with E-state index in [1.165, 1.54) is 40.0 Å². The molecule has 0 radical (unpaired) electrons. The Labute approximate surface area is 283 Å². The van der Waals surface area contributed by atoms with Crippen molar-refractivity contribution < 1.29 is 0 Å². The highest BCUT2D eigenvalue weighted by atomic mass is 32.2. The van der Waals surface area contributed by atoms with Crippen molar-refractivity contribution in [2.75, 3.05) is 9.80 Å². The fourth-order valence-corrected chi connectivity index (χ4v) is 10.8. The van der Waals surface area contributed by atoms with Gasteiger partial charge in [0.2, 0.25) is 0 Å². The Morgan fingerprint density at radius 3 is 1.28 bits per heavy atom. The monoisotopic (exact) mass is 664 g/mol. The first-order chi connectivity index (χ1) is 22.5. The van der Waals surface area contributed by atoms with Crippen LogP contribution in [0.25, 0.3) is 30.0 Å². The van der Waals surface area contributed by atoms with Crippen molar-refractivity contribution in [1.82, 2.24) is 0 Å². The van der Waals surface area contributed by atoms with E-state index in [0.29, 0.717) is 11.1 Å². The summed E-state index contributed by atoms with van der Waals surface area (Å²) in [5.41, 5.74) is 5.81. The molecule has 46 heavy (non-hydrogen) atoms. The summed E-state index contributed by atoms with van der Waals surface area (Å²) in [7, 11) is 0. The number of allylic oxidation sites excluding steroid dienone is 2. The molecule has 0 amide bonds. The van der Waals surface area contributed by atoms with E-state index in [1.807, 2.05) is 24.3 Å². The van der Waals surface area contributed by atoms with Crippen molar-refractivity contribution in [1.29, 1.82) is 10.5 Å². The van der Waals surface area contributed by atoms with Crippen LogP contribution in [0.5, 0.6) is 0 Å². The summed E-state index contributed by atoms with van der Waals surface area (Å²) in [6, 6.07) is 42.0. The number of thiophene rings is 2. The molecule has 0 N–H and O–H groups in total. The van der Waals surface area contributed by atoms with Gasteiger partial charge in [0.1, 0.15) is 20.1 Å². The van der Waals surface area contributed by atoms with Crippen molar-refractivity contribution in [2.45, 2.75) is 13.8 Å². The molecule has 2 aromatic heterocycles. The number of rotatable bonds is 4. The summed E-state index contributed by atoms with van der Waals surface area (Å²) in [5.74, 6) is 0. The van der Waals surface area contributed by atoms with Gasteiger partial charge in [-0.3, -0.25) is 9.80 Å². The maximum Gasteiger partial charge on any atom is 0.117 e. The van der Waals surface area contributed by atoms with E-state index < -0.39 is 0 Å². The Kier molecular flexibility index (Phi) is 7.24.